The van der Waals surface area contributed by atoms with E-state index in [-0.39, 0.29) is 12.3 Å². The molecule has 2 aromatic rings. The molecular formula is C26H44N4O3S. The molecule has 0 unspecified atom stereocenters. The molecule has 192 valence electrons. The summed E-state index contributed by atoms with van der Waals surface area (Å²) < 4.78 is 12.8. The van der Waals surface area contributed by atoms with Crippen LogP contribution in [0.5, 0.6) is 5.88 Å². The Morgan fingerprint density at radius 2 is 1.38 bits per heavy atom. The third-order valence-corrected chi connectivity index (χ3v) is 6.55. The zero-order valence-electron chi connectivity index (χ0n) is 21.7. The predicted octanol–water partition coefficient (Wildman–Crippen LogP) is 7.12. The Morgan fingerprint density at radius 1 is 0.824 bits per heavy atom. The Hall–Kier alpha value is -1.83. The first kappa shape index (κ1) is 28.4. The number of hydrogen-bond acceptors (Lipinski definition) is 7. The normalized spacial score (nSPS) is 11.3. The average molecular weight is 493 g/mol. The van der Waals surface area contributed by atoms with Gasteiger partial charge in [-0.3, -0.25) is 0 Å². The molecule has 2 heterocycles. The van der Waals surface area contributed by atoms with Gasteiger partial charge in [-0.1, -0.05) is 102 Å². The first-order valence-corrected chi connectivity index (χ1v) is 14.4. The summed E-state index contributed by atoms with van der Waals surface area (Å²) in [7, 11) is 1.80. The van der Waals surface area contributed by atoms with E-state index in [1.54, 1.807) is 18.7 Å². The summed E-state index contributed by atoms with van der Waals surface area (Å²) in [4.78, 5) is 21.2. The summed E-state index contributed by atoms with van der Waals surface area (Å²) >= 11 is 1.38. The van der Waals surface area contributed by atoms with E-state index < -0.39 is 5.97 Å². The lowest BCUT2D eigenvalue weighted by Gasteiger charge is -2.07. The molecule has 0 radical (unpaired) electrons. The standard InChI is InChI=1S/C26H44N4O3S/c1-5-7-8-9-10-11-12-13-14-15-16-17-18-19-20-33-24-22-21(29-30(24)3)23(25(31)32-6-2)28-26(27-22)34-4/h5-20H2,1-4H3. The van der Waals surface area contributed by atoms with Crippen molar-refractivity contribution in [3.63, 3.8) is 0 Å². The van der Waals surface area contributed by atoms with Gasteiger partial charge in [0.25, 0.3) is 0 Å². The number of unbranched alkanes of at least 4 members (excludes halogenated alkanes) is 13. The van der Waals surface area contributed by atoms with Crippen LogP contribution in [-0.4, -0.2) is 45.2 Å². The lowest BCUT2D eigenvalue weighted by molar-refractivity contribution is 0.0520. The molecule has 0 amide bonds. The Balaban J connectivity index is 1.67. The fraction of sp³-hybridized carbons (Fsp3) is 0.769. The van der Waals surface area contributed by atoms with Crippen LogP contribution < -0.4 is 4.74 Å². The van der Waals surface area contributed by atoms with Gasteiger partial charge in [-0.05, 0) is 19.6 Å². The van der Waals surface area contributed by atoms with Crippen LogP contribution in [0.2, 0.25) is 0 Å². The highest BCUT2D eigenvalue weighted by Crippen LogP contribution is 2.27. The van der Waals surface area contributed by atoms with E-state index in [9.17, 15) is 4.79 Å². The average Bonchev–Trinajstić information content (AvgIpc) is 3.15. The fourth-order valence-electron chi connectivity index (χ4n) is 4.09. The number of hydrogen-bond donors (Lipinski definition) is 0. The molecule has 34 heavy (non-hydrogen) atoms. The SMILES string of the molecule is CCCCCCCCCCCCCCCCOc1c2nc(SC)nc(C(=O)OCC)c2nn1C. The summed E-state index contributed by atoms with van der Waals surface area (Å²) in [5, 5.41) is 4.94. The van der Waals surface area contributed by atoms with E-state index in [1.807, 2.05) is 6.26 Å². The van der Waals surface area contributed by atoms with Gasteiger partial charge >= 0.3 is 5.97 Å². The molecule has 0 aromatic carbocycles. The van der Waals surface area contributed by atoms with Crippen molar-refractivity contribution in [3.8, 4) is 5.88 Å². The maximum Gasteiger partial charge on any atom is 0.359 e. The smallest absolute Gasteiger partial charge is 0.359 e. The van der Waals surface area contributed by atoms with E-state index in [1.165, 1.54) is 88.8 Å². The molecule has 2 aromatic heterocycles. The van der Waals surface area contributed by atoms with Crippen LogP contribution in [0.25, 0.3) is 11.0 Å². The first-order chi connectivity index (χ1) is 16.6. The Bertz CT molecular complexity index is 856. The lowest BCUT2D eigenvalue weighted by atomic mass is 10.0. The zero-order chi connectivity index (χ0) is 24.6. The summed E-state index contributed by atoms with van der Waals surface area (Å²) in [5.74, 6) is 0.0924. The second-order valence-corrected chi connectivity index (χ2v) is 9.62. The molecule has 0 saturated carbocycles. The number of carbonyl (C=O) groups is 1. The summed E-state index contributed by atoms with van der Waals surface area (Å²) in [6.07, 6.45) is 20.5. The maximum absolute atomic E-state index is 12.3. The van der Waals surface area contributed by atoms with Gasteiger partial charge in [0.05, 0.1) is 13.2 Å². The summed E-state index contributed by atoms with van der Waals surface area (Å²) in [5.41, 5.74) is 1.18. The number of nitrogens with zero attached hydrogens (tertiary/aromatic N) is 4. The van der Waals surface area contributed by atoms with Crippen molar-refractivity contribution in [2.75, 3.05) is 19.5 Å². The largest absolute Gasteiger partial charge is 0.476 e. The highest BCUT2D eigenvalue weighted by Gasteiger charge is 2.23. The minimum Gasteiger partial charge on any atom is -0.476 e. The Kier molecular flexibility index (Phi) is 14.0. The van der Waals surface area contributed by atoms with Crippen molar-refractivity contribution in [2.45, 2.75) is 109 Å². The number of aromatic nitrogens is 4. The van der Waals surface area contributed by atoms with Crippen molar-refractivity contribution in [3.05, 3.63) is 5.69 Å². The second kappa shape index (κ2) is 16.7. The molecule has 0 spiro atoms. The number of thioether (sulfide) groups is 1. The maximum atomic E-state index is 12.3. The van der Waals surface area contributed by atoms with E-state index in [0.717, 1.165) is 12.8 Å². The summed E-state index contributed by atoms with van der Waals surface area (Å²) in [6.45, 7) is 4.94. The van der Waals surface area contributed by atoms with Gasteiger partial charge in [0.15, 0.2) is 16.4 Å². The van der Waals surface area contributed by atoms with Crippen molar-refractivity contribution < 1.29 is 14.3 Å². The van der Waals surface area contributed by atoms with Crippen LogP contribution >= 0.6 is 11.8 Å². The molecule has 0 atom stereocenters. The van der Waals surface area contributed by atoms with Gasteiger partial charge in [-0.15, -0.1) is 0 Å². The fourth-order valence-corrected chi connectivity index (χ4v) is 4.45. The Morgan fingerprint density at radius 3 is 1.91 bits per heavy atom. The van der Waals surface area contributed by atoms with Gasteiger partial charge in [0.1, 0.15) is 5.52 Å². The number of esters is 1. The van der Waals surface area contributed by atoms with Crippen LogP contribution in [0, 0.1) is 0 Å². The number of carbonyl (C=O) groups excluding carboxylic acids is 1. The highest BCUT2D eigenvalue weighted by molar-refractivity contribution is 7.98. The van der Waals surface area contributed by atoms with Gasteiger partial charge in [0.2, 0.25) is 5.88 Å². The molecule has 0 saturated heterocycles. The van der Waals surface area contributed by atoms with Crippen molar-refractivity contribution in [2.24, 2.45) is 7.05 Å². The number of aryl methyl sites for hydroxylation is 1. The number of ether oxygens (including phenoxy) is 2. The van der Waals surface area contributed by atoms with Gasteiger partial charge in [0, 0.05) is 7.05 Å². The quantitative estimate of drug-likeness (QED) is 0.0893. The van der Waals surface area contributed by atoms with Gasteiger partial charge < -0.3 is 9.47 Å². The van der Waals surface area contributed by atoms with Crippen LogP contribution in [0.4, 0.5) is 0 Å². The van der Waals surface area contributed by atoms with Crippen LogP contribution in [0.15, 0.2) is 5.16 Å². The minimum atomic E-state index is -0.484. The van der Waals surface area contributed by atoms with E-state index in [0.29, 0.717) is 28.7 Å². The zero-order valence-corrected chi connectivity index (χ0v) is 22.6. The van der Waals surface area contributed by atoms with Gasteiger partial charge in [-0.25, -0.2) is 19.4 Å². The molecule has 8 heteroatoms. The van der Waals surface area contributed by atoms with Crippen molar-refractivity contribution in [1.82, 2.24) is 19.7 Å². The molecule has 7 nitrogen and oxygen atoms in total. The topological polar surface area (TPSA) is 79.1 Å². The lowest BCUT2D eigenvalue weighted by Crippen LogP contribution is -2.09. The third kappa shape index (κ3) is 9.43. The summed E-state index contributed by atoms with van der Waals surface area (Å²) in [6, 6.07) is 0. The van der Waals surface area contributed by atoms with Crippen LogP contribution in [-0.2, 0) is 11.8 Å². The molecule has 0 fully saturated rings. The predicted molar refractivity (Wildman–Crippen MR) is 140 cm³/mol. The van der Waals surface area contributed by atoms with E-state index >= 15 is 0 Å². The van der Waals surface area contributed by atoms with Crippen molar-refractivity contribution >= 4 is 28.8 Å². The van der Waals surface area contributed by atoms with E-state index in [4.69, 9.17) is 9.47 Å². The molecule has 0 aliphatic carbocycles. The first-order valence-electron chi connectivity index (χ1n) is 13.2. The highest BCUT2D eigenvalue weighted by atomic mass is 32.2. The minimum absolute atomic E-state index is 0.193. The van der Waals surface area contributed by atoms with E-state index in [2.05, 4.69) is 22.0 Å². The van der Waals surface area contributed by atoms with Crippen LogP contribution in [0.3, 0.4) is 0 Å². The van der Waals surface area contributed by atoms with Gasteiger partial charge in [-0.2, -0.15) is 5.10 Å². The number of fused-ring (bicyclic) bond motifs is 1. The Labute approximate surface area is 209 Å². The second-order valence-electron chi connectivity index (χ2n) is 8.85. The number of rotatable bonds is 19. The third-order valence-electron chi connectivity index (χ3n) is 6.00. The molecule has 0 N–H and O–H groups in total. The molecule has 0 aliphatic rings. The molecule has 2 rings (SSSR count). The molecule has 0 aliphatic heterocycles. The van der Waals surface area contributed by atoms with Crippen LogP contribution in [0.1, 0.15) is 114 Å². The molecular weight excluding hydrogens is 448 g/mol. The molecule has 0 bridgehead atoms. The monoisotopic (exact) mass is 492 g/mol. The van der Waals surface area contributed by atoms with Crippen molar-refractivity contribution in [1.29, 1.82) is 0 Å².